The zero-order valence-electron chi connectivity index (χ0n) is 13.4. The highest BCUT2D eigenvalue weighted by Gasteiger charge is 2.19. The molecule has 4 rings (SSSR count). The highest BCUT2D eigenvalue weighted by atomic mass is 19.1. The van der Waals surface area contributed by atoms with E-state index in [1.54, 1.807) is 0 Å². The Labute approximate surface area is 139 Å². The average molecular weight is 331 g/mol. The SMILES string of the molecule is CN(Cc1ccc2c(c1)OCO2)Cc1cc(F)cc2c1OCOC2. The highest BCUT2D eigenvalue weighted by molar-refractivity contribution is 5.45. The minimum Gasteiger partial charge on any atom is -0.467 e. The Hall–Kier alpha value is -2.31. The number of ether oxygens (including phenoxy) is 4. The summed E-state index contributed by atoms with van der Waals surface area (Å²) in [5, 5.41) is 0. The molecule has 5 nitrogen and oxygen atoms in total. The van der Waals surface area contributed by atoms with Gasteiger partial charge in [-0.2, -0.15) is 0 Å². The number of rotatable bonds is 4. The standard InChI is InChI=1S/C18H18FNO4/c1-20(7-12-2-3-16-17(4-12)23-11-22-16)8-13-5-15(19)6-14-9-21-10-24-18(13)14/h2-6H,7-11H2,1H3. The van der Waals surface area contributed by atoms with Crippen LogP contribution in [0.1, 0.15) is 16.7 Å². The molecule has 0 radical (unpaired) electrons. The van der Waals surface area contributed by atoms with E-state index in [2.05, 4.69) is 4.90 Å². The zero-order chi connectivity index (χ0) is 16.5. The van der Waals surface area contributed by atoms with Crippen molar-refractivity contribution in [3.8, 4) is 17.2 Å². The van der Waals surface area contributed by atoms with Gasteiger partial charge in [-0.15, -0.1) is 0 Å². The summed E-state index contributed by atoms with van der Waals surface area (Å²) in [6, 6.07) is 8.89. The van der Waals surface area contributed by atoms with Crippen molar-refractivity contribution in [3.63, 3.8) is 0 Å². The topological polar surface area (TPSA) is 40.2 Å². The van der Waals surface area contributed by atoms with Crippen LogP contribution in [0.2, 0.25) is 0 Å². The first kappa shape index (κ1) is 15.2. The number of nitrogens with zero attached hydrogens (tertiary/aromatic N) is 1. The monoisotopic (exact) mass is 331 g/mol. The Morgan fingerprint density at radius 1 is 1.00 bits per heavy atom. The van der Waals surface area contributed by atoms with Crippen LogP contribution in [0, 0.1) is 5.82 Å². The van der Waals surface area contributed by atoms with Crippen molar-refractivity contribution in [2.45, 2.75) is 19.7 Å². The lowest BCUT2D eigenvalue weighted by atomic mass is 10.1. The number of fused-ring (bicyclic) bond motifs is 2. The van der Waals surface area contributed by atoms with Crippen LogP contribution in [-0.2, 0) is 24.4 Å². The van der Waals surface area contributed by atoms with Crippen molar-refractivity contribution >= 4 is 0 Å². The summed E-state index contributed by atoms with van der Waals surface area (Å²) >= 11 is 0. The lowest BCUT2D eigenvalue weighted by Gasteiger charge is -2.24. The zero-order valence-corrected chi connectivity index (χ0v) is 13.4. The molecule has 0 atom stereocenters. The van der Waals surface area contributed by atoms with Crippen LogP contribution in [0.5, 0.6) is 17.2 Å². The first-order valence-corrected chi connectivity index (χ1v) is 7.78. The Bertz CT molecular complexity index is 765. The van der Waals surface area contributed by atoms with Crippen LogP contribution < -0.4 is 14.2 Å². The van der Waals surface area contributed by atoms with Crippen molar-refractivity contribution in [3.05, 3.63) is 52.8 Å². The summed E-state index contributed by atoms with van der Waals surface area (Å²) in [6.45, 7) is 2.14. The summed E-state index contributed by atoms with van der Waals surface area (Å²) in [7, 11) is 1.99. The van der Waals surface area contributed by atoms with Gasteiger partial charge in [0.25, 0.3) is 0 Å². The summed E-state index contributed by atoms with van der Waals surface area (Å²) in [5.74, 6) is 2.01. The fourth-order valence-corrected chi connectivity index (χ4v) is 3.07. The molecule has 2 aliphatic rings. The van der Waals surface area contributed by atoms with Crippen molar-refractivity contribution in [1.29, 1.82) is 0 Å². The quantitative estimate of drug-likeness (QED) is 0.861. The molecule has 126 valence electrons. The predicted octanol–water partition coefficient (Wildman–Crippen LogP) is 3.05. The van der Waals surface area contributed by atoms with Gasteiger partial charge in [-0.1, -0.05) is 6.07 Å². The molecule has 0 unspecified atom stereocenters. The summed E-state index contributed by atoms with van der Waals surface area (Å²) < 4.78 is 35.3. The van der Waals surface area contributed by atoms with Gasteiger partial charge in [0, 0.05) is 24.2 Å². The van der Waals surface area contributed by atoms with Crippen molar-refractivity contribution in [2.24, 2.45) is 0 Å². The van der Waals surface area contributed by atoms with Crippen LogP contribution >= 0.6 is 0 Å². The minimum absolute atomic E-state index is 0.206. The average Bonchev–Trinajstić information content (AvgIpc) is 3.02. The summed E-state index contributed by atoms with van der Waals surface area (Å²) in [6.07, 6.45) is 0. The van der Waals surface area contributed by atoms with Gasteiger partial charge in [-0.05, 0) is 36.9 Å². The fourth-order valence-electron chi connectivity index (χ4n) is 3.07. The van der Waals surface area contributed by atoms with Gasteiger partial charge in [0.15, 0.2) is 18.3 Å². The molecule has 0 fully saturated rings. The van der Waals surface area contributed by atoms with E-state index in [-0.39, 0.29) is 19.4 Å². The third kappa shape index (κ3) is 3.02. The van der Waals surface area contributed by atoms with Crippen molar-refractivity contribution < 1.29 is 23.3 Å². The molecular weight excluding hydrogens is 313 g/mol. The first-order chi connectivity index (χ1) is 11.7. The number of hydrogen-bond donors (Lipinski definition) is 0. The van der Waals surface area contributed by atoms with E-state index in [4.69, 9.17) is 18.9 Å². The van der Waals surface area contributed by atoms with Crippen LogP contribution in [-0.4, -0.2) is 25.5 Å². The molecule has 0 saturated carbocycles. The Kier molecular flexibility index (Phi) is 4.00. The molecule has 0 aromatic heterocycles. The second-order valence-electron chi connectivity index (χ2n) is 6.02. The Balaban J connectivity index is 1.50. The molecule has 0 amide bonds. The maximum absolute atomic E-state index is 13.8. The van der Waals surface area contributed by atoms with Crippen LogP contribution in [0.4, 0.5) is 4.39 Å². The first-order valence-electron chi connectivity index (χ1n) is 7.78. The maximum atomic E-state index is 13.8. The van der Waals surface area contributed by atoms with E-state index in [0.29, 0.717) is 19.7 Å². The number of hydrogen-bond acceptors (Lipinski definition) is 5. The molecule has 2 aromatic carbocycles. The van der Waals surface area contributed by atoms with E-state index in [9.17, 15) is 4.39 Å². The Morgan fingerprint density at radius 2 is 1.88 bits per heavy atom. The minimum atomic E-state index is -0.269. The lowest BCUT2D eigenvalue weighted by Crippen LogP contribution is -2.20. The molecule has 24 heavy (non-hydrogen) atoms. The molecular formula is C18H18FNO4. The predicted molar refractivity (Wildman–Crippen MR) is 84.4 cm³/mol. The normalized spacial score (nSPS) is 15.3. The third-order valence-corrected chi connectivity index (χ3v) is 4.08. The van der Waals surface area contributed by atoms with E-state index in [1.807, 2.05) is 25.2 Å². The summed E-state index contributed by atoms with van der Waals surface area (Å²) in [4.78, 5) is 2.10. The van der Waals surface area contributed by atoms with Gasteiger partial charge in [-0.3, -0.25) is 4.90 Å². The fraction of sp³-hybridized carbons (Fsp3) is 0.333. The second-order valence-corrected chi connectivity index (χ2v) is 6.02. The Morgan fingerprint density at radius 3 is 2.79 bits per heavy atom. The molecule has 2 heterocycles. The van der Waals surface area contributed by atoms with E-state index in [0.717, 1.165) is 33.9 Å². The van der Waals surface area contributed by atoms with Gasteiger partial charge in [0.1, 0.15) is 11.6 Å². The molecule has 0 aliphatic carbocycles. The van der Waals surface area contributed by atoms with E-state index in [1.165, 1.54) is 12.1 Å². The van der Waals surface area contributed by atoms with Gasteiger partial charge in [-0.25, -0.2) is 4.39 Å². The largest absolute Gasteiger partial charge is 0.467 e. The van der Waals surface area contributed by atoms with E-state index >= 15 is 0 Å². The van der Waals surface area contributed by atoms with Crippen molar-refractivity contribution in [1.82, 2.24) is 4.90 Å². The molecule has 0 saturated heterocycles. The number of halogens is 1. The van der Waals surface area contributed by atoms with Crippen molar-refractivity contribution in [2.75, 3.05) is 20.6 Å². The maximum Gasteiger partial charge on any atom is 0.231 e. The molecule has 0 spiro atoms. The smallest absolute Gasteiger partial charge is 0.231 e. The third-order valence-electron chi connectivity index (χ3n) is 4.08. The van der Waals surface area contributed by atoms with Gasteiger partial charge in [0.2, 0.25) is 6.79 Å². The van der Waals surface area contributed by atoms with Gasteiger partial charge < -0.3 is 18.9 Å². The number of benzene rings is 2. The van der Waals surface area contributed by atoms with E-state index < -0.39 is 0 Å². The highest BCUT2D eigenvalue weighted by Crippen LogP contribution is 2.33. The van der Waals surface area contributed by atoms with Gasteiger partial charge in [0.05, 0.1) is 6.61 Å². The second kappa shape index (κ2) is 6.30. The molecule has 2 aromatic rings. The van der Waals surface area contributed by atoms with Crippen LogP contribution in [0.15, 0.2) is 30.3 Å². The van der Waals surface area contributed by atoms with Gasteiger partial charge >= 0.3 is 0 Å². The molecule has 6 heteroatoms. The molecule has 0 bridgehead atoms. The summed E-state index contributed by atoms with van der Waals surface area (Å²) in [5.41, 5.74) is 2.69. The lowest BCUT2D eigenvalue weighted by molar-refractivity contribution is -0.0176. The van der Waals surface area contributed by atoms with Crippen LogP contribution in [0.25, 0.3) is 0 Å². The molecule has 2 aliphatic heterocycles. The van der Waals surface area contributed by atoms with Crippen LogP contribution in [0.3, 0.4) is 0 Å². The molecule has 0 N–H and O–H groups in total.